The Labute approximate surface area is 100 Å². The highest BCUT2D eigenvalue weighted by Gasteiger charge is 2.17. The van der Waals surface area contributed by atoms with Gasteiger partial charge >= 0.3 is 0 Å². The molecule has 1 aromatic heterocycles. The molecule has 2 heterocycles. The molecule has 1 aliphatic rings. The van der Waals surface area contributed by atoms with Crippen LogP contribution in [-0.4, -0.2) is 29.3 Å². The molecule has 0 unspecified atom stereocenters. The van der Waals surface area contributed by atoms with Crippen molar-refractivity contribution >= 4 is 17.6 Å². The van der Waals surface area contributed by atoms with Gasteiger partial charge in [-0.15, -0.1) is 11.3 Å². The van der Waals surface area contributed by atoms with Crippen molar-refractivity contribution in [2.75, 3.05) is 13.1 Å². The molecule has 1 fully saturated rings. The minimum atomic E-state index is 0.616. The summed E-state index contributed by atoms with van der Waals surface area (Å²) in [7, 11) is 0. The molecule has 1 aliphatic heterocycles. The van der Waals surface area contributed by atoms with Gasteiger partial charge < -0.3 is 0 Å². The van der Waals surface area contributed by atoms with Gasteiger partial charge in [-0.2, -0.15) is 0 Å². The van der Waals surface area contributed by atoms with Crippen molar-refractivity contribution in [2.45, 2.75) is 33.2 Å². The Balaban J connectivity index is 1.95. The lowest BCUT2D eigenvalue weighted by Gasteiger charge is -2.29. The second-order valence-corrected chi connectivity index (χ2v) is 5.91. The summed E-state index contributed by atoms with van der Waals surface area (Å²) in [6.45, 7) is 7.51. The lowest BCUT2D eigenvalue weighted by molar-refractivity contribution is 0.111. The van der Waals surface area contributed by atoms with Crippen LogP contribution in [0.4, 0.5) is 0 Å². The van der Waals surface area contributed by atoms with Gasteiger partial charge in [0.25, 0.3) is 0 Å². The van der Waals surface area contributed by atoms with Crippen LogP contribution in [0.2, 0.25) is 0 Å². The maximum absolute atomic E-state index is 10.7. The number of thiazole rings is 1. The Kier molecular flexibility index (Phi) is 3.71. The lowest BCUT2D eigenvalue weighted by atomic mass is 9.99. The molecule has 0 radical (unpaired) electrons. The Morgan fingerprint density at radius 2 is 2.19 bits per heavy atom. The van der Waals surface area contributed by atoms with E-state index in [1.165, 1.54) is 12.8 Å². The zero-order valence-corrected chi connectivity index (χ0v) is 10.7. The Morgan fingerprint density at radius 3 is 2.75 bits per heavy atom. The Bertz CT molecular complexity index is 367. The van der Waals surface area contributed by atoms with Crippen LogP contribution in [0.15, 0.2) is 0 Å². The predicted octanol–water partition coefficient (Wildman–Crippen LogP) is 2.50. The molecule has 0 amide bonds. The maximum atomic E-state index is 10.7. The van der Waals surface area contributed by atoms with Gasteiger partial charge in [0.2, 0.25) is 0 Å². The van der Waals surface area contributed by atoms with Crippen LogP contribution in [0.3, 0.4) is 0 Å². The smallest absolute Gasteiger partial charge is 0.169 e. The number of hydrogen-bond acceptors (Lipinski definition) is 4. The van der Waals surface area contributed by atoms with Crippen molar-refractivity contribution < 1.29 is 4.79 Å². The molecule has 0 spiro atoms. The molecule has 2 rings (SSSR count). The standard InChI is InChI=1S/C12H18N2OS/c1-9-3-5-14(6-4-9)7-12-13-11(8-15)10(2)16-12/h8-9H,3-7H2,1-2H3. The summed E-state index contributed by atoms with van der Waals surface area (Å²) in [5.74, 6) is 0.861. The lowest BCUT2D eigenvalue weighted by Crippen LogP contribution is -2.32. The highest BCUT2D eigenvalue weighted by Crippen LogP contribution is 2.21. The van der Waals surface area contributed by atoms with Crippen LogP contribution in [0.25, 0.3) is 0 Å². The summed E-state index contributed by atoms with van der Waals surface area (Å²) in [4.78, 5) is 18.5. The third-order valence-electron chi connectivity index (χ3n) is 3.22. The molecule has 1 aromatic rings. The van der Waals surface area contributed by atoms with E-state index in [2.05, 4.69) is 16.8 Å². The van der Waals surface area contributed by atoms with Crippen LogP contribution in [0.1, 0.15) is 40.1 Å². The third-order valence-corrected chi connectivity index (χ3v) is 4.19. The molecule has 0 N–H and O–H groups in total. The van der Waals surface area contributed by atoms with Crippen LogP contribution in [0.5, 0.6) is 0 Å². The summed E-state index contributed by atoms with van der Waals surface area (Å²) in [6, 6.07) is 0. The van der Waals surface area contributed by atoms with E-state index < -0.39 is 0 Å². The van der Waals surface area contributed by atoms with E-state index in [9.17, 15) is 4.79 Å². The van der Waals surface area contributed by atoms with Gasteiger partial charge in [-0.05, 0) is 38.8 Å². The fourth-order valence-corrected chi connectivity index (χ4v) is 3.00. The second-order valence-electron chi connectivity index (χ2n) is 4.63. The fraction of sp³-hybridized carbons (Fsp3) is 0.667. The van der Waals surface area contributed by atoms with Gasteiger partial charge in [-0.25, -0.2) is 4.98 Å². The summed E-state index contributed by atoms with van der Waals surface area (Å²) in [6.07, 6.45) is 3.42. The van der Waals surface area contributed by atoms with Gasteiger partial charge in [0.15, 0.2) is 6.29 Å². The summed E-state index contributed by atoms with van der Waals surface area (Å²) >= 11 is 1.65. The normalized spacial score (nSPS) is 18.9. The van der Waals surface area contributed by atoms with E-state index in [1.807, 2.05) is 6.92 Å². The molecule has 16 heavy (non-hydrogen) atoms. The van der Waals surface area contributed by atoms with Gasteiger partial charge in [-0.1, -0.05) is 6.92 Å². The van der Waals surface area contributed by atoms with Crippen LogP contribution in [-0.2, 0) is 6.54 Å². The molecular weight excluding hydrogens is 220 g/mol. The van der Waals surface area contributed by atoms with Gasteiger partial charge in [-0.3, -0.25) is 9.69 Å². The number of piperidine rings is 1. The molecule has 3 nitrogen and oxygen atoms in total. The van der Waals surface area contributed by atoms with E-state index >= 15 is 0 Å². The van der Waals surface area contributed by atoms with E-state index in [-0.39, 0.29) is 0 Å². The van der Waals surface area contributed by atoms with E-state index in [1.54, 1.807) is 11.3 Å². The Morgan fingerprint density at radius 1 is 1.50 bits per heavy atom. The molecule has 0 saturated carbocycles. The molecular formula is C12H18N2OS. The minimum absolute atomic E-state index is 0.616. The number of aromatic nitrogens is 1. The maximum Gasteiger partial charge on any atom is 0.169 e. The SMILES string of the molecule is Cc1sc(CN2CCC(C)CC2)nc1C=O. The predicted molar refractivity (Wildman–Crippen MR) is 65.9 cm³/mol. The Hall–Kier alpha value is -0.740. The van der Waals surface area contributed by atoms with E-state index in [0.717, 1.165) is 41.7 Å². The number of aldehydes is 1. The number of carbonyl (C=O) groups excluding carboxylic acids is 1. The van der Waals surface area contributed by atoms with Gasteiger partial charge in [0, 0.05) is 4.88 Å². The zero-order chi connectivity index (χ0) is 11.5. The number of aryl methyl sites for hydroxylation is 1. The van der Waals surface area contributed by atoms with E-state index in [0.29, 0.717) is 5.69 Å². The highest BCUT2D eigenvalue weighted by molar-refractivity contribution is 7.11. The summed E-state index contributed by atoms with van der Waals surface area (Å²) < 4.78 is 0. The quantitative estimate of drug-likeness (QED) is 0.759. The third kappa shape index (κ3) is 2.68. The van der Waals surface area contributed by atoms with Crippen molar-refractivity contribution in [2.24, 2.45) is 5.92 Å². The molecule has 0 bridgehead atoms. The van der Waals surface area contributed by atoms with Crippen LogP contribution < -0.4 is 0 Å². The van der Waals surface area contributed by atoms with Crippen molar-refractivity contribution in [3.05, 3.63) is 15.6 Å². The first-order valence-electron chi connectivity index (χ1n) is 5.83. The minimum Gasteiger partial charge on any atom is -0.297 e. The van der Waals surface area contributed by atoms with Gasteiger partial charge in [0.05, 0.1) is 6.54 Å². The highest BCUT2D eigenvalue weighted by atomic mass is 32.1. The number of hydrogen-bond donors (Lipinski definition) is 0. The first-order chi connectivity index (χ1) is 7.69. The first kappa shape index (κ1) is 11.7. The van der Waals surface area contributed by atoms with E-state index in [4.69, 9.17) is 0 Å². The summed E-state index contributed by atoms with van der Waals surface area (Å²) in [5, 5.41) is 1.08. The fourth-order valence-electron chi connectivity index (χ4n) is 2.05. The zero-order valence-electron chi connectivity index (χ0n) is 9.90. The van der Waals surface area contributed by atoms with Gasteiger partial charge in [0.1, 0.15) is 10.7 Å². The number of carbonyl (C=O) groups is 1. The number of nitrogens with zero attached hydrogens (tertiary/aromatic N) is 2. The molecule has 88 valence electrons. The van der Waals surface area contributed by atoms with Crippen LogP contribution >= 0.6 is 11.3 Å². The average molecular weight is 238 g/mol. The molecule has 0 atom stereocenters. The van der Waals surface area contributed by atoms with Crippen molar-refractivity contribution in [1.29, 1.82) is 0 Å². The van der Waals surface area contributed by atoms with Crippen molar-refractivity contribution in [1.82, 2.24) is 9.88 Å². The molecule has 0 aliphatic carbocycles. The van der Waals surface area contributed by atoms with Crippen molar-refractivity contribution in [3.63, 3.8) is 0 Å². The summed E-state index contributed by atoms with van der Waals surface area (Å²) in [5.41, 5.74) is 0.616. The number of rotatable bonds is 3. The first-order valence-corrected chi connectivity index (χ1v) is 6.64. The van der Waals surface area contributed by atoms with Crippen molar-refractivity contribution in [3.8, 4) is 0 Å². The molecule has 1 saturated heterocycles. The topological polar surface area (TPSA) is 33.2 Å². The average Bonchev–Trinajstić information content (AvgIpc) is 2.62. The van der Waals surface area contributed by atoms with Crippen LogP contribution in [0, 0.1) is 12.8 Å². The largest absolute Gasteiger partial charge is 0.297 e. The second kappa shape index (κ2) is 5.06. The number of likely N-dealkylation sites (tertiary alicyclic amines) is 1. The molecule has 0 aromatic carbocycles. The monoisotopic (exact) mass is 238 g/mol. The molecule has 4 heteroatoms.